The molecule has 0 bridgehead atoms. The van der Waals surface area contributed by atoms with E-state index in [1.807, 2.05) is 6.07 Å². The zero-order valence-corrected chi connectivity index (χ0v) is 17.7. The summed E-state index contributed by atoms with van der Waals surface area (Å²) in [5.74, 6) is -1.21. The fourth-order valence-electron chi connectivity index (χ4n) is 3.52. The predicted molar refractivity (Wildman–Crippen MR) is 121 cm³/mol. The zero-order chi connectivity index (χ0) is 23.4. The molecule has 0 saturated carbocycles. The minimum Gasteiger partial charge on any atom is -0.496 e. The highest BCUT2D eigenvalue weighted by atomic mass is 16.5. The van der Waals surface area contributed by atoms with Crippen molar-refractivity contribution >= 4 is 35.2 Å². The highest BCUT2D eigenvalue weighted by Gasteiger charge is 2.29. The molecular weight excluding hydrogens is 422 g/mol. The number of hydrogen-bond acceptors (Lipinski definition) is 6. The Kier molecular flexibility index (Phi) is 6.13. The zero-order valence-electron chi connectivity index (χ0n) is 17.7. The van der Waals surface area contributed by atoms with Crippen LogP contribution >= 0.6 is 0 Å². The first kappa shape index (κ1) is 21.7. The second-order valence-corrected chi connectivity index (χ2v) is 7.20. The lowest BCUT2D eigenvalue weighted by Crippen LogP contribution is -2.23. The third-order valence-electron chi connectivity index (χ3n) is 5.09. The van der Waals surface area contributed by atoms with Gasteiger partial charge in [0.25, 0.3) is 5.91 Å². The highest BCUT2D eigenvalue weighted by molar-refractivity contribution is 6.28. The molecule has 0 saturated heterocycles. The van der Waals surface area contributed by atoms with E-state index < -0.39 is 18.5 Å². The molecule has 0 aromatic heterocycles. The molecule has 3 aromatic carbocycles. The van der Waals surface area contributed by atoms with Gasteiger partial charge in [-0.1, -0.05) is 42.5 Å². The van der Waals surface area contributed by atoms with Crippen molar-refractivity contribution < 1.29 is 28.7 Å². The summed E-state index contributed by atoms with van der Waals surface area (Å²) in [5, 5.41) is 2.58. The average molecular weight is 441 g/mol. The monoisotopic (exact) mass is 441 g/mol. The van der Waals surface area contributed by atoms with Crippen LogP contribution in [0.1, 0.15) is 37.4 Å². The van der Waals surface area contributed by atoms with E-state index in [1.165, 1.54) is 37.5 Å². The summed E-state index contributed by atoms with van der Waals surface area (Å²) in [5.41, 5.74) is 2.20. The van der Waals surface area contributed by atoms with Crippen LogP contribution in [0.5, 0.6) is 5.75 Å². The van der Waals surface area contributed by atoms with E-state index in [9.17, 15) is 19.2 Å². The van der Waals surface area contributed by atoms with Crippen LogP contribution in [0.15, 0.2) is 72.8 Å². The van der Waals surface area contributed by atoms with Gasteiger partial charge >= 0.3 is 5.97 Å². The molecule has 1 amide bonds. The van der Waals surface area contributed by atoms with Crippen molar-refractivity contribution in [3.63, 3.8) is 0 Å². The van der Waals surface area contributed by atoms with Gasteiger partial charge in [0.1, 0.15) is 5.75 Å². The first-order valence-corrected chi connectivity index (χ1v) is 10.1. The molecule has 0 unspecified atom stereocenters. The van der Waals surface area contributed by atoms with Crippen molar-refractivity contribution in [2.45, 2.75) is 0 Å². The van der Waals surface area contributed by atoms with Crippen molar-refractivity contribution in [2.75, 3.05) is 19.0 Å². The largest absolute Gasteiger partial charge is 0.496 e. The minimum atomic E-state index is -0.695. The van der Waals surface area contributed by atoms with Crippen LogP contribution in [0.25, 0.3) is 6.08 Å². The van der Waals surface area contributed by atoms with Gasteiger partial charge in [0.05, 0.1) is 7.11 Å². The molecule has 4 rings (SSSR count). The molecule has 3 aromatic rings. The SMILES string of the molecule is COc1ccccc1C=CC(=O)OCC(=O)Nc1ccc2c(c1)C(=O)c1ccccc1C2=O. The molecule has 1 aliphatic rings. The van der Waals surface area contributed by atoms with Crippen LogP contribution in [0.3, 0.4) is 0 Å². The molecule has 164 valence electrons. The fourth-order valence-corrected chi connectivity index (χ4v) is 3.52. The van der Waals surface area contributed by atoms with Gasteiger partial charge in [0.2, 0.25) is 0 Å². The van der Waals surface area contributed by atoms with Crippen molar-refractivity contribution in [3.8, 4) is 5.75 Å². The summed E-state index contributed by atoms with van der Waals surface area (Å²) in [7, 11) is 1.53. The van der Waals surface area contributed by atoms with Gasteiger partial charge in [-0.3, -0.25) is 14.4 Å². The van der Waals surface area contributed by atoms with E-state index in [2.05, 4.69) is 5.32 Å². The Labute approximate surface area is 189 Å². The lowest BCUT2D eigenvalue weighted by atomic mass is 9.84. The maximum atomic E-state index is 12.8. The van der Waals surface area contributed by atoms with Crippen LogP contribution in [0, 0.1) is 0 Å². The smallest absolute Gasteiger partial charge is 0.331 e. The van der Waals surface area contributed by atoms with Gasteiger partial charge in [-0.25, -0.2) is 4.79 Å². The first-order chi connectivity index (χ1) is 16.0. The van der Waals surface area contributed by atoms with Crippen molar-refractivity contribution in [1.29, 1.82) is 0 Å². The van der Waals surface area contributed by atoms with Gasteiger partial charge in [0, 0.05) is 39.6 Å². The van der Waals surface area contributed by atoms with E-state index >= 15 is 0 Å². The molecule has 0 aliphatic heterocycles. The summed E-state index contributed by atoms with van der Waals surface area (Å²) in [4.78, 5) is 49.6. The first-order valence-electron chi connectivity index (χ1n) is 10.1. The minimum absolute atomic E-state index is 0.216. The molecule has 7 heteroatoms. The second-order valence-electron chi connectivity index (χ2n) is 7.20. The molecule has 0 spiro atoms. The number of hydrogen-bond donors (Lipinski definition) is 1. The third-order valence-corrected chi connectivity index (χ3v) is 5.09. The van der Waals surface area contributed by atoms with E-state index in [1.54, 1.807) is 42.5 Å². The van der Waals surface area contributed by atoms with Gasteiger partial charge in [-0.05, 0) is 30.3 Å². The Morgan fingerprint density at radius 1 is 0.848 bits per heavy atom. The number of ketones is 2. The summed E-state index contributed by atoms with van der Waals surface area (Å²) < 4.78 is 10.2. The molecular formula is C26H19NO6. The molecule has 0 heterocycles. The van der Waals surface area contributed by atoms with Crippen LogP contribution in [-0.2, 0) is 14.3 Å². The Balaban J connectivity index is 1.38. The number of benzene rings is 3. The second kappa shape index (κ2) is 9.32. The number of carbonyl (C=O) groups excluding carboxylic acids is 4. The van der Waals surface area contributed by atoms with E-state index in [4.69, 9.17) is 9.47 Å². The molecule has 33 heavy (non-hydrogen) atoms. The predicted octanol–water partition coefficient (Wildman–Crippen LogP) is 3.67. The summed E-state index contributed by atoms with van der Waals surface area (Å²) in [6.45, 7) is -0.512. The van der Waals surface area contributed by atoms with Crippen LogP contribution in [0.2, 0.25) is 0 Å². The Hall–Kier alpha value is -4.52. The topological polar surface area (TPSA) is 98.8 Å². The number of para-hydroxylation sites is 1. The van der Waals surface area contributed by atoms with E-state index in [0.717, 1.165) is 0 Å². The standard InChI is InChI=1S/C26H19NO6/c1-32-22-9-5-2-6-16(22)10-13-24(29)33-15-23(28)27-17-11-12-20-21(14-17)26(31)19-8-4-3-7-18(19)25(20)30/h2-14H,15H2,1H3,(H,27,28). The number of fused-ring (bicyclic) bond motifs is 2. The quantitative estimate of drug-likeness (QED) is 0.362. The Morgan fingerprint density at radius 2 is 1.48 bits per heavy atom. The van der Waals surface area contributed by atoms with Crippen molar-refractivity contribution in [3.05, 3.63) is 101 Å². The van der Waals surface area contributed by atoms with Gasteiger partial charge in [-0.2, -0.15) is 0 Å². The van der Waals surface area contributed by atoms with Gasteiger partial charge in [0.15, 0.2) is 18.2 Å². The summed E-state index contributed by atoms with van der Waals surface area (Å²) in [6, 6.07) is 18.2. The number of anilines is 1. The maximum absolute atomic E-state index is 12.8. The highest BCUT2D eigenvalue weighted by Crippen LogP contribution is 2.29. The number of rotatable bonds is 6. The number of methoxy groups -OCH3 is 1. The molecule has 0 atom stereocenters. The Bertz CT molecular complexity index is 1310. The van der Waals surface area contributed by atoms with E-state index in [-0.39, 0.29) is 22.7 Å². The maximum Gasteiger partial charge on any atom is 0.331 e. The van der Waals surface area contributed by atoms with Crippen LogP contribution in [-0.4, -0.2) is 37.2 Å². The lowest BCUT2D eigenvalue weighted by molar-refractivity contribution is -0.142. The van der Waals surface area contributed by atoms with Gasteiger partial charge in [-0.15, -0.1) is 0 Å². The van der Waals surface area contributed by atoms with Crippen LogP contribution in [0.4, 0.5) is 5.69 Å². The average Bonchev–Trinajstić information content (AvgIpc) is 2.85. The fraction of sp³-hybridized carbons (Fsp3) is 0.0769. The number of nitrogens with one attached hydrogen (secondary N) is 1. The van der Waals surface area contributed by atoms with Crippen molar-refractivity contribution in [2.24, 2.45) is 0 Å². The molecule has 0 fully saturated rings. The van der Waals surface area contributed by atoms with Gasteiger partial charge < -0.3 is 14.8 Å². The third kappa shape index (κ3) is 4.57. The molecule has 0 radical (unpaired) electrons. The van der Waals surface area contributed by atoms with Crippen molar-refractivity contribution in [1.82, 2.24) is 0 Å². The summed E-state index contributed by atoms with van der Waals surface area (Å²) in [6.07, 6.45) is 2.73. The number of esters is 1. The normalized spacial score (nSPS) is 12.2. The summed E-state index contributed by atoms with van der Waals surface area (Å²) >= 11 is 0. The number of ether oxygens (including phenoxy) is 2. The van der Waals surface area contributed by atoms with Crippen LogP contribution < -0.4 is 10.1 Å². The van der Waals surface area contributed by atoms with E-state index in [0.29, 0.717) is 28.1 Å². The number of amides is 1. The molecule has 7 nitrogen and oxygen atoms in total. The number of carbonyl (C=O) groups is 4. The molecule has 1 aliphatic carbocycles. The Morgan fingerprint density at radius 3 is 2.21 bits per heavy atom. The molecule has 1 N–H and O–H groups in total. The lowest BCUT2D eigenvalue weighted by Gasteiger charge is -2.18.